The average molecular weight is 387 g/mol. The van der Waals surface area contributed by atoms with Crippen molar-refractivity contribution in [3.8, 4) is 5.69 Å². The lowest BCUT2D eigenvalue weighted by Crippen LogP contribution is -2.33. The molecule has 1 atom stereocenters. The van der Waals surface area contributed by atoms with Crippen LogP contribution in [0.25, 0.3) is 16.7 Å². The largest absolute Gasteiger partial charge is 0.345 e. The number of para-hydroxylation sites is 3. The first kappa shape index (κ1) is 18.2. The number of nitrogens with one attached hydrogen (secondary N) is 1. The standard InChI is InChI=1S/C23H22N4S/c1-17(26(2)23(28)25-19-8-4-3-5-9-19)18-12-14-20(15-13-18)27-16-24-21-10-6-7-11-22(21)27/h3-17H,1-2H3,(H,25,28)/t17-/m1/s1. The molecule has 4 rings (SSSR count). The number of fused-ring (bicyclic) bond motifs is 1. The van der Waals surface area contributed by atoms with E-state index in [2.05, 4.69) is 57.0 Å². The van der Waals surface area contributed by atoms with Crippen LogP contribution in [-0.4, -0.2) is 26.6 Å². The van der Waals surface area contributed by atoms with Gasteiger partial charge in [0.15, 0.2) is 5.11 Å². The molecule has 0 spiro atoms. The van der Waals surface area contributed by atoms with Crippen LogP contribution in [0.5, 0.6) is 0 Å². The Balaban J connectivity index is 1.50. The van der Waals surface area contributed by atoms with E-state index in [0.29, 0.717) is 5.11 Å². The summed E-state index contributed by atoms with van der Waals surface area (Å²) in [5, 5.41) is 3.99. The van der Waals surface area contributed by atoms with Gasteiger partial charge in [-0.25, -0.2) is 4.98 Å². The van der Waals surface area contributed by atoms with Gasteiger partial charge in [0.1, 0.15) is 6.33 Å². The minimum Gasteiger partial charge on any atom is -0.345 e. The summed E-state index contributed by atoms with van der Waals surface area (Å²) in [6.45, 7) is 2.15. The Morgan fingerprint density at radius 1 is 0.964 bits per heavy atom. The number of aromatic nitrogens is 2. The zero-order chi connectivity index (χ0) is 19.5. The van der Waals surface area contributed by atoms with Gasteiger partial charge in [0.05, 0.1) is 17.1 Å². The molecular weight excluding hydrogens is 364 g/mol. The second-order valence-electron chi connectivity index (χ2n) is 6.78. The predicted octanol–water partition coefficient (Wildman–Crippen LogP) is 5.42. The summed E-state index contributed by atoms with van der Waals surface area (Å²) in [5.41, 5.74) is 5.39. The van der Waals surface area contributed by atoms with Crippen LogP contribution in [0.4, 0.5) is 5.69 Å². The fourth-order valence-corrected chi connectivity index (χ4v) is 3.49. The second-order valence-corrected chi connectivity index (χ2v) is 7.16. The minimum atomic E-state index is 0.150. The number of hydrogen-bond acceptors (Lipinski definition) is 2. The molecular formula is C23H22N4S. The van der Waals surface area contributed by atoms with Crippen LogP contribution in [0.3, 0.4) is 0 Å². The molecule has 0 fully saturated rings. The summed E-state index contributed by atoms with van der Waals surface area (Å²) < 4.78 is 2.11. The van der Waals surface area contributed by atoms with Gasteiger partial charge in [-0.1, -0.05) is 42.5 Å². The molecule has 0 aliphatic heterocycles. The van der Waals surface area contributed by atoms with E-state index in [9.17, 15) is 0 Å². The van der Waals surface area contributed by atoms with Crippen molar-refractivity contribution in [3.05, 3.63) is 90.8 Å². The molecule has 0 aliphatic rings. The van der Waals surface area contributed by atoms with Crippen LogP contribution < -0.4 is 5.32 Å². The summed E-state index contributed by atoms with van der Waals surface area (Å²) in [4.78, 5) is 6.55. The lowest BCUT2D eigenvalue weighted by molar-refractivity contribution is 0.408. The van der Waals surface area contributed by atoms with Crippen LogP contribution in [0.15, 0.2) is 85.2 Å². The third kappa shape index (κ3) is 3.62. The van der Waals surface area contributed by atoms with E-state index in [4.69, 9.17) is 12.2 Å². The van der Waals surface area contributed by atoms with Crippen LogP contribution >= 0.6 is 12.2 Å². The first-order valence-corrected chi connectivity index (χ1v) is 9.65. The van der Waals surface area contributed by atoms with Crippen LogP contribution in [-0.2, 0) is 0 Å². The summed E-state index contributed by atoms with van der Waals surface area (Å²) in [6.07, 6.45) is 1.87. The highest BCUT2D eigenvalue weighted by atomic mass is 32.1. The molecule has 0 bridgehead atoms. The number of benzene rings is 3. The lowest BCUT2D eigenvalue weighted by Gasteiger charge is -2.28. The van der Waals surface area contributed by atoms with Crippen molar-refractivity contribution in [2.45, 2.75) is 13.0 Å². The summed E-state index contributed by atoms with van der Waals surface area (Å²) in [5.74, 6) is 0. The third-order valence-corrected chi connectivity index (χ3v) is 5.42. The number of nitrogens with zero attached hydrogens (tertiary/aromatic N) is 3. The van der Waals surface area contributed by atoms with Crippen molar-refractivity contribution in [1.82, 2.24) is 14.5 Å². The molecule has 28 heavy (non-hydrogen) atoms. The van der Waals surface area contributed by atoms with Gasteiger partial charge in [0.25, 0.3) is 0 Å². The van der Waals surface area contributed by atoms with E-state index in [1.54, 1.807) is 0 Å². The van der Waals surface area contributed by atoms with Gasteiger partial charge in [-0.15, -0.1) is 0 Å². The molecule has 0 radical (unpaired) electrons. The Morgan fingerprint density at radius 3 is 2.39 bits per heavy atom. The first-order chi connectivity index (χ1) is 13.6. The molecule has 140 valence electrons. The van der Waals surface area contributed by atoms with Crippen molar-refractivity contribution >= 4 is 34.1 Å². The maximum Gasteiger partial charge on any atom is 0.173 e. The average Bonchev–Trinajstić information content (AvgIpc) is 3.17. The molecule has 5 heteroatoms. The van der Waals surface area contributed by atoms with Gasteiger partial charge >= 0.3 is 0 Å². The Kier molecular flexibility index (Phi) is 5.08. The Labute approximate surface area is 170 Å². The molecule has 0 amide bonds. The van der Waals surface area contributed by atoms with Crippen molar-refractivity contribution in [1.29, 1.82) is 0 Å². The van der Waals surface area contributed by atoms with Gasteiger partial charge in [0.2, 0.25) is 0 Å². The van der Waals surface area contributed by atoms with Crippen molar-refractivity contribution in [2.75, 3.05) is 12.4 Å². The SMILES string of the molecule is C[C@H](c1ccc(-n2cnc3ccccc32)cc1)N(C)C(=S)Nc1ccccc1. The molecule has 1 heterocycles. The van der Waals surface area contributed by atoms with Gasteiger partial charge in [-0.3, -0.25) is 4.57 Å². The van der Waals surface area contributed by atoms with Gasteiger partial charge in [-0.2, -0.15) is 0 Å². The fraction of sp³-hybridized carbons (Fsp3) is 0.130. The number of anilines is 1. The van der Waals surface area contributed by atoms with Crippen molar-refractivity contribution in [3.63, 3.8) is 0 Å². The molecule has 4 aromatic rings. The van der Waals surface area contributed by atoms with Crippen LogP contribution in [0, 0.1) is 0 Å². The van der Waals surface area contributed by atoms with Crippen molar-refractivity contribution in [2.24, 2.45) is 0 Å². The Bertz CT molecular complexity index is 1090. The van der Waals surface area contributed by atoms with Crippen LogP contribution in [0.2, 0.25) is 0 Å². The number of thiocarbonyl (C=S) groups is 1. The lowest BCUT2D eigenvalue weighted by atomic mass is 10.1. The van der Waals surface area contributed by atoms with E-state index in [1.807, 2.05) is 61.9 Å². The Morgan fingerprint density at radius 2 is 1.64 bits per heavy atom. The van der Waals surface area contributed by atoms with E-state index >= 15 is 0 Å². The zero-order valence-electron chi connectivity index (χ0n) is 15.9. The predicted molar refractivity (Wildman–Crippen MR) is 120 cm³/mol. The maximum atomic E-state index is 5.58. The monoisotopic (exact) mass is 386 g/mol. The number of imidazole rings is 1. The highest BCUT2D eigenvalue weighted by Gasteiger charge is 2.15. The summed E-state index contributed by atoms with van der Waals surface area (Å²) in [6, 6.07) is 26.8. The van der Waals surface area contributed by atoms with E-state index in [1.165, 1.54) is 5.56 Å². The quantitative estimate of drug-likeness (QED) is 0.475. The number of rotatable bonds is 4. The van der Waals surface area contributed by atoms with Gasteiger partial charge in [-0.05, 0) is 61.1 Å². The minimum absolute atomic E-state index is 0.150. The van der Waals surface area contributed by atoms with Gasteiger partial charge in [0, 0.05) is 18.4 Å². The van der Waals surface area contributed by atoms with E-state index in [-0.39, 0.29) is 6.04 Å². The highest BCUT2D eigenvalue weighted by Crippen LogP contribution is 2.23. The van der Waals surface area contributed by atoms with Gasteiger partial charge < -0.3 is 10.2 Å². The van der Waals surface area contributed by atoms with Crippen LogP contribution in [0.1, 0.15) is 18.5 Å². The summed E-state index contributed by atoms with van der Waals surface area (Å²) in [7, 11) is 2.01. The molecule has 0 unspecified atom stereocenters. The summed E-state index contributed by atoms with van der Waals surface area (Å²) >= 11 is 5.58. The fourth-order valence-electron chi connectivity index (χ4n) is 3.21. The molecule has 0 saturated heterocycles. The Hall–Kier alpha value is -3.18. The second kappa shape index (κ2) is 7.82. The van der Waals surface area contributed by atoms with Crippen molar-refractivity contribution < 1.29 is 0 Å². The number of hydrogen-bond donors (Lipinski definition) is 1. The van der Waals surface area contributed by atoms with E-state index in [0.717, 1.165) is 22.4 Å². The molecule has 3 aromatic carbocycles. The molecule has 0 aliphatic carbocycles. The maximum absolute atomic E-state index is 5.58. The smallest absolute Gasteiger partial charge is 0.173 e. The topological polar surface area (TPSA) is 33.1 Å². The highest BCUT2D eigenvalue weighted by molar-refractivity contribution is 7.80. The third-order valence-electron chi connectivity index (χ3n) is 5.03. The molecule has 0 saturated carbocycles. The normalized spacial score (nSPS) is 11.9. The first-order valence-electron chi connectivity index (χ1n) is 9.25. The molecule has 1 N–H and O–H groups in total. The van der Waals surface area contributed by atoms with E-state index < -0.39 is 0 Å². The molecule has 4 nitrogen and oxygen atoms in total. The zero-order valence-corrected chi connectivity index (χ0v) is 16.7. The molecule has 1 aromatic heterocycles.